The summed E-state index contributed by atoms with van der Waals surface area (Å²) < 4.78 is 0. The Hall–Kier alpha value is -2.33. The molecule has 0 radical (unpaired) electrons. The predicted molar refractivity (Wildman–Crippen MR) is 112 cm³/mol. The van der Waals surface area contributed by atoms with Gasteiger partial charge in [0, 0.05) is 45.0 Å². The minimum Gasteiger partial charge on any atom is -0.353 e. The SMILES string of the molecule is CCN(CC)C(CNC(=O)N1CCN(c2cc(C#N)ccn2)CC1)CC(C)C. The van der Waals surface area contributed by atoms with Gasteiger partial charge in [-0.25, -0.2) is 9.78 Å². The molecule has 1 aliphatic heterocycles. The van der Waals surface area contributed by atoms with E-state index in [4.69, 9.17) is 5.26 Å². The first-order valence-corrected chi connectivity index (χ1v) is 10.4. The third-order valence-electron chi connectivity index (χ3n) is 5.33. The van der Waals surface area contributed by atoms with Gasteiger partial charge in [-0.1, -0.05) is 27.7 Å². The molecule has 1 fully saturated rings. The molecule has 1 atom stereocenters. The zero-order valence-corrected chi connectivity index (χ0v) is 17.7. The molecule has 2 amide bonds. The number of likely N-dealkylation sites (N-methyl/N-ethyl adjacent to an activating group) is 1. The highest BCUT2D eigenvalue weighted by atomic mass is 16.2. The molecule has 7 nitrogen and oxygen atoms in total. The van der Waals surface area contributed by atoms with Crippen LogP contribution in [0.2, 0.25) is 0 Å². The Morgan fingerprint density at radius 2 is 1.96 bits per heavy atom. The Kier molecular flexibility index (Phi) is 8.52. The maximum Gasteiger partial charge on any atom is 0.317 e. The van der Waals surface area contributed by atoms with Gasteiger partial charge in [-0.05, 0) is 37.6 Å². The van der Waals surface area contributed by atoms with Gasteiger partial charge in [0.15, 0.2) is 0 Å². The second-order valence-corrected chi connectivity index (χ2v) is 7.68. The lowest BCUT2D eigenvalue weighted by molar-refractivity contribution is 0.169. The fraction of sp³-hybridized carbons (Fsp3) is 0.667. The Labute approximate surface area is 169 Å². The van der Waals surface area contributed by atoms with Crippen LogP contribution in [-0.4, -0.2) is 72.7 Å². The summed E-state index contributed by atoms with van der Waals surface area (Å²) in [5.41, 5.74) is 0.609. The lowest BCUT2D eigenvalue weighted by Crippen LogP contribution is -2.54. The number of aromatic nitrogens is 1. The molecule has 0 aromatic carbocycles. The van der Waals surface area contributed by atoms with Crippen LogP contribution in [0.5, 0.6) is 0 Å². The van der Waals surface area contributed by atoms with Crippen molar-refractivity contribution in [3.63, 3.8) is 0 Å². The molecule has 28 heavy (non-hydrogen) atoms. The van der Waals surface area contributed by atoms with Gasteiger partial charge in [-0.2, -0.15) is 5.26 Å². The number of rotatable bonds is 8. The van der Waals surface area contributed by atoms with Crippen molar-refractivity contribution >= 4 is 11.8 Å². The van der Waals surface area contributed by atoms with E-state index in [1.165, 1.54) is 0 Å². The number of nitrogens with zero attached hydrogens (tertiary/aromatic N) is 5. The second-order valence-electron chi connectivity index (χ2n) is 7.68. The zero-order valence-electron chi connectivity index (χ0n) is 17.7. The summed E-state index contributed by atoms with van der Waals surface area (Å²) in [7, 11) is 0. The molecule has 1 aromatic rings. The maximum absolute atomic E-state index is 12.7. The molecule has 154 valence electrons. The largest absolute Gasteiger partial charge is 0.353 e. The monoisotopic (exact) mass is 386 g/mol. The van der Waals surface area contributed by atoms with E-state index in [0.29, 0.717) is 37.2 Å². The van der Waals surface area contributed by atoms with E-state index in [-0.39, 0.29) is 6.03 Å². The van der Waals surface area contributed by atoms with E-state index < -0.39 is 0 Å². The molecular formula is C21H34N6O. The van der Waals surface area contributed by atoms with Crippen LogP contribution in [0.4, 0.5) is 10.6 Å². The third kappa shape index (κ3) is 6.10. The first kappa shape index (κ1) is 22.0. The summed E-state index contributed by atoms with van der Waals surface area (Å²) in [4.78, 5) is 23.4. The minimum absolute atomic E-state index is 0.0132. The van der Waals surface area contributed by atoms with Crippen LogP contribution in [0, 0.1) is 17.2 Å². The van der Waals surface area contributed by atoms with Gasteiger partial charge >= 0.3 is 6.03 Å². The third-order valence-corrected chi connectivity index (χ3v) is 5.33. The van der Waals surface area contributed by atoms with Gasteiger partial charge in [-0.15, -0.1) is 0 Å². The Balaban J connectivity index is 1.86. The standard InChI is InChI=1S/C21H34N6O/c1-5-25(6-2)19(13-17(3)4)16-24-21(28)27-11-9-26(10-12-27)20-14-18(15-22)7-8-23-20/h7-8,14,17,19H,5-6,9-13,16H2,1-4H3,(H,24,28). The van der Waals surface area contributed by atoms with Crippen LogP contribution < -0.4 is 10.2 Å². The van der Waals surface area contributed by atoms with E-state index in [1.54, 1.807) is 18.3 Å². The molecule has 1 aromatic heterocycles. The Morgan fingerprint density at radius 3 is 2.54 bits per heavy atom. The van der Waals surface area contributed by atoms with Crippen LogP contribution in [0.15, 0.2) is 18.3 Å². The highest BCUT2D eigenvalue weighted by Crippen LogP contribution is 2.15. The molecule has 7 heteroatoms. The summed E-state index contributed by atoms with van der Waals surface area (Å²) in [6.07, 6.45) is 2.74. The number of anilines is 1. The zero-order chi connectivity index (χ0) is 20.5. The summed E-state index contributed by atoms with van der Waals surface area (Å²) in [6.45, 7) is 14.2. The van der Waals surface area contributed by atoms with E-state index in [1.807, 2.05) is 4.90 Å². The summed E-state index contributed by atoms with van der Waals surface area (Å²) in [6, 6.07) is 6.04. The molecule has 2 rings (SSSR count). The summed E-state index contributed by atoms with van der Waals surface area (Å²) >= 11 is 0. The van der Waals surface area contributed by atoms with E-state index >= 15 is 0 Å². The molecule has 0 saturated carbocycles. The number of nitrogens with one attached hydrogen (secondary N) is 1. The van der Waals surface area contributed by atoms with Gasteiger partial charge in [0.1, 0.15) is 5.82 Å². The number of nitriles is 1. The van der Waals surface area contributed by atoms with Crippen molar-refractivity contribution < 1.29 is 4.79 Å². The number of hydrogen-bond acceptors (Lipinski definition) is 5. The summed E-state index contributed by atoms with van der Waals surface area (Å²) in [5, 5.41) is 12.2. The van der Waals surface area contributed by atoms with Crippen molar-refractivity contribution in [3.8, 4) is 6.07 Å². The highest BCUT2D eigenvalue weighted by Gasteiger charge is 2.24. The van der Waals surface area contributed by atoms with Crippen molar-refractivity contribution in [2.75, 3.05) is 50.7 Å². The molecular weight excluding hydrogens is 352 g/mol. The van der Waals surface area contributed by atoms with E-state index in [9.17, 15) is 4.79 Å². The van der Waals surface area contributed by atoms with Gasteiger partial charge in [0.05, 0.1) is 11.6 Å². The van der Waals surface area contributed by atoms with Crippen LogP contribution in [0.3, 0.4) is 0 Å². The average molecular weight is 387 g/mol. The quantitative estimate of drug-likeness (QED) is 0.743. The summed E-state index contributed by atoms with van der Waals surface area (Å²) in [5.74, 6) is 1.40. The van der Waals surface area contributed by atoms with Crippen molar-refractivity contribution in [2.24, 2.45) is 5.92 Å². The van der Waals surface area contributed by atoms with Gasteiger partial charge < -0.3 is 15.1 Å². The average Bonchev–Trinajstić information content (AvgIpc) is 2.72. The number of urea groups is 1. The molecule has 1 N–H and O–H groups in total. The molecule has 1 aliphatic rings. The lowest BCUT2D eigenvalue weighted by atomic mass is 10.0. The smallest absolute Gasteiger partial charge is 0.317 e. The maximum atomic E-state index is 12.7. The van der Waals surface area contributed by atoms with Gasteiger partial charge in [-0.3, -0.25) is 4.90 Å². The molecule has 0 bridgehead atoms. The first-order chi connectivity index (χ1) is 13.5. The second kappa shape index (κ2) is 10.9. The van der Waals surface area contributed by atoms with Crippen LogP contribution in [0.25, 0.3) is 0 Å². The molecule has 0 aliphatic carbocycles. The Morgan fingerprint density at radius 1 is 1.29 bits per heavy atom. The van der Waals surface area contributed by atoms with Crippen molar-refractivity contribution in [1.82, 2.24) is 20.1 Å². The minimum atomic E-state index is 0.0132. The van der Waals surface area contributed by atoms with Gasteiger partial charge in [0.25, 0.3) is 0 Å². The molecule has 1 unspecified atom stereocenters. The highest BCUT2D eigenvalue weighted by molar-refractivity contribution is 5.74. The Bertz CT molecular complexity index is 659. The number of piperazine rings is 1. The number of pyridine rings is 1. The van der Waals surface area contributed by atoms with Crippen LogP contribution in [-0.2, 0) is 0 Å². The molecule has 0 spiro atoms. The van der Waals surface area contributed by atoms with E-state index in [2.05, 4.69) is 53.9 Å². The lowest BCUT2D eigenvalue weighted by Gasteiger charge is -2.36. The molecule has 2 heterocycles. The van der Waals surface area contributed by atoms with Crippen LogP contribution >= 0.6 is 0 Å². The number of carbonyl (C=O) groups excluding carboxylic acids is 1. The molecule has 1 saturated heterocycles. The topological polar surface area (TPSA) is 75.5 Å². The van der Waals surface area contributed by atoms with Crippen LogP contribution in [0.1, 0.15) is 39.7 Å². The number of carbonyl (C=O) groups is 1. The van der Waals surface area contributed by atoms with Crippen molar-refractivity contribution in [3.05, 3.63) is 23.9 Å². The fourth-order valence-electron chi connectivity index (χ4n) is 3.76. The van der Waals surface area contributed by atoms with Crippen molar-refractivity contribution in [2.45, 2.75) is 40.2 Å². The van der Waals surface area contributed by atoms with Gasteiger partial charge in [0.2, 0.25) is 0 Å². The normalized spacial score (nSPS) is 15.6. The fourth-order valence-corrected chi connectivity index (χ4v) is 3.76. The predicted octanol–water partition coefficient (Wildman–Crippen LogP) is 2.54. The number of hydrogen-bond donors (Lipinski definition) is 1. The van der Waals surface area contributed by atoms with Crippen molar-refractivity contribution in [1.29, 1.82) is 5.26 Å². The van der Waals surface area contributed by atoms with E-state index in [0.717, 1.165) is 38.4 Å². The first-order valence-electron chi connectivity index (χ1n) is 10.4. The number of amides is 2.